The van der Waals surface area contributed by atoms with Crippen molar-refractivity contribution in [1.82, 2.24) is 5.32 Å². The Morgan fingerprint density at radius 3 is 2.76 bits per heavy atom. The molecule has 0 aromatic carbocycles. The molecule has 0 aromatic heterocycles. The zero-order valence-electron chi connectivity index (χ0n) is 11.3. The quantitative estimate of drug-likeness (QED) is 0.800. The van der Waals surface area contributed by atoms with Gasteiger partial charge in [0, 0.05) is 25.2 Å². The first-order valence-electron chi connectivity index (χ1n) is 7.25. The van der Waals surface area contributed by atoms with Crippen molar-refractivity contribution in [3.8, 4) is 0 Å². The van der Waals surface area contributed by atoms with E-state index in [0.29, 0.717) is 24.0 Å². The van der Waals surface area contributed by atoms with E-state index in [4.69, 9.17) is 9.47 Å². The molecule has 2 heterocycles. The van der Waals surface area contributed by atoms with Gasteiger partial charge in [0.1, 0.15) is 0 Å². The Balaban J connectivity index is 1.95. The van der Waals surface area contributed by atoms with Crippen LogP contribution in [0.25, 0.3) is 0 Å². The first kappa shape index (κ1) is 13.3. The lowest BCUT2D eigenvalue weighted by Crippen LogP contribution is -2.50. The highest BCUT2D eigenvalue weighted by molar-refractivity contribution is 4.90. The maximum atomic E-state index is 5.96. The van der Waals surface area contributed by atoms with Crippen molar-refractivity contribution in [1.29, 1.82) is 0 Å². The summed E-state index contributed by atoms with van der Waals surface area (Å²) in [5.41, 5.74) is 0. The van der Waals surface area contributed by atoms with Gasteiger partial charge in [-0.2, -0.15) is 0 Å². The minimum absolute atomic E-state index is 0.397. The van der Waals surface area contributed by atoms with E-state index < -0.39 is 0 Å². The molecule has 3 nitrogen and oxygen atoms in total. The Labute approximate surface area is 105 Å². The normalized spacial score (nSPS) is 36.0. The van der Waals surface area contributed by atoms with Gasteiger partial charge in [-0.15, -0.1) is 0 Å². The average molecular weight is 241 g/mol. The third-order valence-corrected chi connectivity index (χ3v) is 4.13. The first-order valence-corrected chi connectivity index (χ1v) is 7.25. The maximum absolute atomic E-state index is 5.96. The van der Waals surface area contributed by atoms with Gasteiger partial charge < -0.3 is 14.8 Å². The third kappa shape index (κ3) is 3.43. The molecule has 0 aliphatic carbocycles. The smallest absolute Gasteiger partial charge is 0.0757 e. The lowest BCUT2D eigenvalue weighted by atomic mass is 9.85. The fraction of sp³-hybridized carbons (Fsp3) is 1.00. The largest absolute Gasteiger partial charge is 0.381 e. The van der Waals surface area contributed by atoms with Crippen molar-refractivity contribution < 1.29 is 9.47 Å². The molecule has 0 amide bonds. The van der Waals surface area contributed by atoms with Gasteiger partial charge in [-0.1, -0.05) is 13.8 Å². The van der Waals surface area contributed by atoms with Crippen LogP contribution in [0.3, 0.4) is 0 Å². The van der Waals surface area contributed by atoms with Gasteiger partial charge in [0.05, 0.1) is 12.7 Å². The Kier molecular flexibility index (Phi) is 5.26. The maximum Gasteiger partial charge on any atom is 0.0757 e. The summed E-state index contributed by atoms with van der Waals surface area (Å²) in [6, 6.07) is 0.493. The zero-order valence-corrected chi connectivity index (χ0v) is 11.3. The zero-order chi connectivity index (χ0) is 12.1. The van der Waals surface area contributed by atoms with Gasteiger partial charge in [0.15, 0.2) is 0 Å². The Hall–Kier alpha value is -0.120. The Bertz CT molecular complexity index is 216. The van der Waals surface area contributed by atoms with Crippen LogP contribution in [0.1, 0.15) is 39.5 Å². The molecule has 4 unspecified atom stereocenters. The monoisotopic (exact) mass is 241 g/mol. The average Bonchev–Trinajstić information content (AvgIpc) is 2.78. The molecule has 2 aliphatic heterocycles. The lowest BCUT2D eigenvalue weighted by Gasteiger charge is -2.36. The fourth-order valence-electron chi connectivity index (χ4n) is 3.09. The summed E-state index contributed by atoms with van der Waals surface area (Å²) >= 11 is 0. The van der Waals surface area contributed by atoms with E-state index in [1.54, 1.807) is 0 Å². The van der Waals surface area contributed by atoms with E-state index >= 15 is 0 Å². The molecule has 17 heavy (non-hydrogen) atoms. The summed E-state index contributed by atoms with van der Waals surface area (Å²) in [5.74, 6) is 1.33. The van der Waals surface area contributed by atoms with Crippen LogP contribution in [-0.4, -0.2) is 38.5 Å². The van der Waals surface area contributed by atoms with Crippen LogP contribution in [0.2, 0.25) is 0 Å². The minimum atomic E-state index is 0.397. The fourth-order valence-corrected chi connectivity index (χ4v) is 3.09. The molecular weight excluding hydrogens is 214 g/mol. The van der Waals surface area contributed by atoms with Crippen molar-refractivity contribution in [3.63, 3.8) is 0 Å². The molecule has 2 fully saturated rings. The summed E-state index contributed by atoms with van der Waals surface area (Å²) in [7, 11) is 0. The topological polar surface area (TPSA) is 30.5 Å². The first-order chi connectivity index (χ1) is 8.33. The molecule has 2 saturated heterocycles. The second-order valence-electron chi connectivity index (χ2n) is 5.56. The van der Waals surface area contributed by atoms with Crippen molar-refractivity contribution >= 4 is 0 Å². The van der Waals surface area contributed by atoms with E-state index in [0.717, 1.165) is 26.4 Å². The van der Waals surface area contributed by atoms with E-state index in [-0.39, 0.29) is 0 Å². The summed E-state index contributed by atoms with van der Waals surface area (Å²) < 4.78 is 11.6. The third-order valence-electron chi connectivity index (χ3n) is 4.13. The van der Waals surface area contributed by atoms with Crippen LogP contribution in [0.15, 0.2) is 0 Å². The molecular formula is C14H27NO2. The predicted octanol–water partition coefficient (Wildman–Crippen LogP) is 2.21. The minimum Gasteiger partial charge on any atom is -0.381 e. The summed E-state index contributed by atoms with van der Waals surface area (Å²) in [5, 5.41) is 3.71. The number of rotatable bonds is 5. The summed E-state index contributed by atoms with van der Waals surface area (Å²) in [6.45, 7) is 8.42. The molecule has 2 rings (SSSR count). The molecule has 2 aliphatic rings. The molecule has 0 bridgehead atoms. The van der Waals surface area contributed by atoms with Gasteiger partial charge in [0.25, 0.3) is 0 Å². The predicted molar refractivity (Wildman–Crippen MR) is 69.1 cm³/mol. The highest BCUT2D eigenvalue weighted by Crippen LogP contribution is 2.29. The van der Waals surface area contributed by atoms with Gasteiger partial charge in [-0.25, -0.2) is 0 Å². The highest BCUT2D eigenvalue weighted by atomic mass is 16.5. The van der Waals surface area contributed by atoms with Gasteiger partial charge in [-0.05, 0) is 38.1 Å². The molecule has 100 valence electrons. The number of hydrogen-bond acceptors (Lipinski definition) is 3. The van der Waals surface area contributed by atoms with E-state index in [1.165, 1.54) is 25.7 Å². The second-order valence-corrected chi connectivity index (χ2v) is 5.56. The van der Waals surface area contributed by atoms with Gasteiger partial charge in [0.2, 0.25) is 0 Å². The van der Waals surface area contributed by atoms with E-state index in [1.807, 2.05) is 0 Å². The SMILES string of the molecule is CCCNC(C1CCCOC1)C1OCCC1C. The van der Waals surface area contributed by atoms with Crippen molar-refractivity contribution in [3.05, 3.63) is 0 Å². The molecule has 1 N–H and O–H groups in total. The number of nitrogens with one attached hydrogen (secondary N) is 1. The molecule has 0 saturated carbocycles. The number of hydrogen-bond donors (Lipinski definition) is 1. The van der Waals surface area contributed by atoms with Crippen molar-refractivity contribution in [2.24, 2.45) is 11.8 Å². The molecule has 0 aromatic rings. The lowest BCUT2D eigenvalue weighted by molar-refractivity contribution is -0.0121. The summed E-state index contributed by atoms with van der Waals surface area (Å²) in [4.78, 5) is 0. The Morgan fingerprint density at radius 1 is 1.29 bits per heavy atom. The highest BCUT2D eigenvalue weighted by Gasteiger charge is 2.37. The second kappa shape index (κ2) is 6.72. The van der Waals surface area contributed by atoms with E-state index in [2.05, 4.69) is 19.2 Å². The molecule has 0 spiro atoms. The Morgan fingerprint density at radius 2 is 2.18 bits per heavy atom. The molecule has 0 radical (unpaired) electrons. The van der Waals surface area contributed by atoms with Crippen LogP contribution in [0.4, 0.5) is 0 Å². The van der Waals surface area contributed by atoms with E-state index in [9.17, 15) is 0 Å². The standard InChI is InChI=1S/C14H27NO2/c1-3-7-15-13(12-5-4-8-16-10-12)14-11(2)6-9-17-14/h11-15H,3-10H2,1-2H3. The van der Waals surface area contributed by atoms with Crippen LogP contribution in [0, 0.1) is 11.8 Å². The molecule has 3 heteroatoms. The van der Waals surface area contributed by atoms with Crippen LogP contribution in [-0.2, 0) is 9.47 Å². The van der Waals surface area contributed by atoms with Crippen LogP contribution in [0.5, 0.6) is 0 Å². The van der Waals surface area contributed by atoms with Crippen LogP contribution < -0.4 is 5.32 Å². The van der Waals surface area contributed by atoms with Gasteiger partial charge in [-0.3, -0.25) is 0 Å². The van der Waals surface area contributed by atoms with Crippen molar-refractivity contribution in [2.75, 3.05) is 26.4 Å². The van der Waals surface area contributed by atoms with Crippen molar-refractivity contribution in [2.45, 2.75) is 51.7 Å². The van der Waals surface area contributed by atoms with Gasteiger partial charge >= 0.3 is 0 Å². The van der Waals surface area contributed by atoms with Crippen LogP contribution >= 0.6 is 0 Å². The number of ether oxygens (including phenoxy) is 2. The summed E-state index contributed by atoms with van der Waals surface area (Å²) in [6.07, 6.45) is 5.28. The molecule has 4 atom stereocenters.